The largest absolute Gasteiger partial charge is 0.355 e. The number of likely N-dealkylation sites (N-methyl/N-ethyl adjacent to an activating group) is 1. The summed E-state index contributed by atoms with van der Waals surface area (Å²) >= 11 is 3.44. The second-order valence-corrected chi connectivity index (χ2v) is 11.0. The van der Waals surface area contributed by atoms with E-state index in [9.17, 15) is 18.0 Å². The number of hydrogen-bond acceptors (Lipinski definition) is 4. The van der Waals surface area contributed by atoms with Gasteiger partial charge in [0.1, 0.15) is 6.04 Å². The molecule has 0 aromatic heterocycles. The Hall–Kier alpha value is -2.39. The van der Waals surface area contributed by atoms with Crippen molar-refractivity contribution in [2.75, 3.05) is 23.7 Å². The number of nitrogens with zero attached hydrogens (tertiary/aromatic N) is 2. The third-order valence-electron chi connectivity index (χ3n) is 5.55. The molecular weight excluding hydrogens is 518 g/mol. The standard InChI is InChI=1S/C25H34BrN3O4S/c1-5-20-12-14-23(15-13-20)29(34(4,32)33)16-8-11-24(30)28(19(3)25(31)27-6-2)18-21-9-7-10-22(26)17-21/h7,9-10,12-15,17,19H,5-6,8,11,16,18H2,1-4H3,(H,27,31)/t19-/m1/s1. The quantitative estimate of drug-likeness (QED) is 0.430. The fourth-order valence-corrected chi connectivity index (χ4v) is 5.05. The monoisotopic (exact) mass is 551 g/mol. The molecule has 0 aliphatic heterocycles. The number of benzene rings is 2. The SMILES string of the molecule is CCNC(=O)[C@@H](C)N(Cc1cccc(Br)c1)C(=O)CCCN(c1ccc(CC)cc1)S(C)(=O)=O. The van der Waals surface area contributed by atoms with Crippen molar-refractivity contribution in [3.05, 3.63) is 64.1 Å². The Morgan fingerprint density at radius 1 is 1.06 bits per heavy atom. The second-order valence-electron chi connectivity index (χ2n) is 8.18. The molecule has 0 spiro atoms. The molecule has 0 unspecified atom stereocenters. The van der Waals surface area contributed by atoms with E-state index in [0.29, 0.717) is 18.7 Å². The van der Waals surface area contributed by atoms with E-state index in [2.05, 4.69) is 21.2 Å². The molecule has 0 aliphatic carbocycles. The summed E-state index contributed by atoms with van der Waals surface area (Å²) in [6.45, 7) is 6.51. The van der Waals surface area contributed by atoms with Crippen LogP contribution < -0.4 is 9.62 Å². The van der Waals surface area contributed by atoms with Crippen LogP contribution in [0.3, 0.4) is 0 Å². The van der Waals surface area contributed by atoms with Gasteiger partial charge in [-0.05, 0) is 62.1 Å². The summed E-state index contributed by atoms with van der Waals surface area (Å²) in [7, 11) is -3.51. The highest BCUT2D eigenvalue weighted by molar-refractivity contribution is 9.10. The Morgan fingerprint density at radius 2 is 1.74 bits per heavy atom. The van der Waals surface area contributed by atoms with Gasteiger partial charge in [0, 0.05) is 30.5 Å². The zero-order valence-electron chi connectivity index (χ0n) is 20.3. The normalized spacial score (nSPS) is 12.1. The minimum atomic E-state index is -3.51. The van der Waals surface area contributed by atoms with Gasteiger partial charge in [0.05, 0.1) is 11.9 Å². The topological polar surface area (TPSA) is 86.8 Å². The Morgan fingerprint density at radius 3 is 2.29 bits per heavy atom. The first kappa shape index (κ1) is 27.9. The Labute approximate surface area is 211 Å². The lowest BCUT2D eigenvalue weighted by Crippen LogP contribution is -2.47. The summed E-state index contributed by atoms with van der Waals surface area (Å²) in [5.74, 6) is -0.423. The summed E-state index contributed by atoms with van der Waals surface area (Å²) in [6, 6.07) is 14.3. The van der Waals surface area contributed by atoms with E-state index in [1.165, 1.54) is 10.6 Å². The van der Waals surface area contributed by atoms with Crippen LogP contribution in [0.1, 0.15) is 44.7 Å². The molecule has 0 saturated carbocycles. The molecule has 0 bridgehead atoms. The average Bonchev–Trinajstić information content (AvgIpc) is 2.79. The highest BCUT2D eigenvalue weighted by Gasteiger charge is 2.26. The second kappa shape index (κ2) is 12.9. The average molecular weight is 553 g/mol. The number of hydrogen-bond donors (Lipinski definition) is 1. The highest BCUT2D eigenvalue weighted by atomic mass is 79.9. The maximum absolute atomic E-state index is 13.2. The van der Waals surface area contributed by atoms with Gasteiger partial charge in [-0.2, -0.15) is 0 Å². The number of carbonyl (C=O) groups excluding carboxylic acids is 2. The predicted molar refractivity (Wildman–Crippen MR) is 140 cm³/mol. The third-order valence-corrected chi connectivity index (χ3v) is 7.23. The van der Waals surface area contributed by atoms with Gasteiger partial charge in [0.25, 0.3) is 0 Å². The van der Waals surface area contributed by atoms with Crippen LogP contribution in [0.2, 0.25) is 0 Å². The van der Waals surface area contributed by atoms with Crippen LogP contribution in [0, 0.1) is 0 Å². The van der Waals surface area contributed by atoms with E-state index in [4.69, 9.17) is 0 Å². The summed E-state index contributed by atoms with van der Waals surface area (Å²) in [5, 5.41) is 2.77. The van der Waals surface area contributed by atoms with E-state index in [1.54, 1.807) is 24.0 Å². The fraction of sp³-hybridized carbons (Fsp3) is 0.440. The van der Waals surface area contributed by atoms with Crippen molar-refractivity contribution in [3.8, 4) is 0 Å². The number of carbonyl (C=O) groups is 2. The maximum Gasteiger partial charge on any atom is 0.242 e. The lowest BCUT2D eigenvalue weighted by atomic mass is 10.1. The molecule has 0 heterocycles. The fourth-order valence-electron chi connectivity index (χ4n) is 3.64. The summed E-state index contributed by atoms with van der Waals surface area (Å²) in [6.07, 6.45) is 2.49. The van der Waals surface area contributed by atoms with Crippen LogP contribution in [0.5, 0.6) is 0 Å². The molecular formula is C25H34BrN3O4S. The van der Waals surface area contributed by atoms with Gasteiger partial charge < -0.3 is 10.2 Å². The number of aryl methyl sites for hydroxylation is 1. The number of nitrogens with one attached hydrogen (secondary N) is 1. The predicted octanol–water partition coefficient (Wildman–Crippen LogP) is 4.11. The summed E-state index contributed by atoms with van der Waals surface area (Å²) in [5.41, 5.74) is 2.59. The molecule has 0 radical (unpaired) electrons. The zero-order chi connectivity index (χ0) is 25.3. The van der Waals surface area contributed by atoms with Crippen LogP contribution in [0.4, 0.5) is 5.69 Å². The number of rotatable bonds is 12. The minimum Gasteiger partial charge on any atom is -0.355 e. The molecule has 0 saturated heterocycles. The van der Waals surface area contributed by atoms with Gasteiger partial charge in [0.2, 0.25) is 21.8 Å². The van der Waals surface area contributed by atoms with Crippen LogP contribution in [-0.4, -0.2) is 50.5 Å². The van der Waals surface area contributed by atoms with Crippen LogP contribution in [0.25, 0.3) is 0 Å². The van der Waals surface area contributed by atoms with Crippen molar-refractivity contribution in [2.45, 2.75) is 52.6 Å². The Balaban J connectivity index is 2.14. The molecule has 9 heteroatoms. The molecule has 2 amide bonds. The Bertz CT molecular complexity index is 1070. The number of anilines is 1. The van der Waals surface area contributed by atoms with E-state index >= 15 is 0 Å². The van der Waals surface area contributed by atoms with Crippen molar-refractivity contribution in [3.63, 3.8) is 0 Å². The number of halogens is 1. The highest BCUT2D eigenvalue weighted by Crippen LogP contribution is 2.20. The lowest BCUT2D eigenvalue weighted by molar-refractivity contribution is -0.140. The molecule has 2 aromatic carbocycles. The van der Waals surface area contributed by atoms with Crippen LogP contribution in [-0.2, 0) is 32.6 Å². The third kappa shape index (κ3) is 8.13. The molecule has 34 heavy (non-hydrogen) atoms. The first-order chi connectivity index (χ1) is 16.1. The van der Waals surface area contributed by atoms with Crippen molar-refractivity contribution in [1.29, 1.82) is 0 Å². The van der Waals surface area contributed by atoms with Gasteiger partial charge >= 0.3 is 0 Å². The molecule has 186 valence electrons. The molecule has 0 aliphatic rings. The zero-order valence-corrected chi connectivity index (χ0v) is 22.7. The molecule has 1 atom stereocenters. The van der Waals surface area contributed by atoms with Gasteiger partial charge in [-0.1, -0.05) is 47.1 Å². The molecule has 2 rings (SSSR count). The number of amides is 2. The van der Waals surface area contributed by atoms with Crippen LogP contribution >= 0.6 is 15.9 Å². The lowest BCUT2D eigenvalue weighted by Gasteiger charge is -2.29. The van der Waals surface area contributed by atoms with Crippen molar-refractivity contribution < 1.29 is 18.0 Å². The molecule has 0 fully saturated rings. The Kier molecular flexibility index (Phi) is 10.6. The van der Waals surface area contributed by atoms with Crippen molar-refractivity contribution >= 4 is 43.5 Å². The number of sulfonamides is 1. The van der Waals surface area contributed by atoms with Gasteiger partial charge in [0.15, 0.2) is 0 Å². The van der Waals surface area contributed by atoms with Gasteiger partial charge in [-0.3, -0.25) is 13.9 Å². The smallest absolute Gasteiger partial charge is 0.242 e. The minimum absolute atomic E-state index is 0.122. The first-order valence-electron chi connectivity index (χ1n) is 11.4. The maximum atomic E-state index is 13.2. The van der Waals surface area contributed by atoms with E-state index < -0.39 is 16.1 Å². The summed E-state index contributed by atoms with van der Waals surface area (Å²) < 4.78 is 27.0. The molecule has 1 N–H and O–H groups in total. The summed E-state index contributed by atoms with van der Waals surface area (Å²) in [4.78, 5) is 27.2. The van der Waals surface area contributed by atoms with Crippen LogP contribution in [0.15, 0.2) is 53.0 Å². The van der Waals surface area contributed by atoms with Crippen molar-refractivity contribution in [2.24, 2.45) is 0 Å². The van der Waals surface area contributed by atoms with E-state index in [0.717, 1.165) is 22.0 Å². The van der Waals surface area contributed by atoms with E-state index in [-0.39, 0.29) is 31.3 Å². The van der Waals surface area contributed by atoms with E-state index in [1.807, 2.05) is 50.2 Å². The molecule has 7 nitrogen and oxygen atoms in total. The van der Waals surface area contributed by atoms with Gasteiger partial charge in [-0.25, -0.2) is 8.42 Å². The van der Waals surface area contributed by atoms with Gasteiger partial charge in [-0.15, -0.1) is 0 Å². The molecule has 2 aromatic rings. The van der Waals surface area contributed by atoms with Crippen molar-refractivity contribution in [1.82, 2.24) is 10.2 Å². The first-order valence-corrected chi connectivity index (χ1v) is 14.1.